The Balaban J connectivity index is 3.13. The van der Waals surface area contributed by atoms with E-state index in [0.29, 0.717) is 0 Å². The van der Waals surface area contributed by atoms with Crippen LogP contribution in [0.25, 0.3) is 0 Å². The summed E-state index contributed by atoms with van der Waals surface area (Å²) in [7, 11) is 7.87. The fourth-order valence-electron chi connectivity index (χ4n) is 1.72. The zero-order chi connectivity index (χ0) is 11.4. The highest BCUT2D eigenvalue weighted by atomic mass is 15.2. The molecule has 0 saturated carbocycles. The van der Waals surface area contributed by atoms with Crippen LogP contribution >= 0.6 is 0 Å². The van der Waals surface area contributed by atoms with Crippen LogP contribution in [-0.2, 0) is 0 Å². The van der Waals surface area contributed by atoms with E-state index < -0.39 is 0 Å². The van der Waals surface area contributed by atoms with Crippen molar-refractivity contribution in [1.29, 1.82) is 0 Å². The number of nitrogens with two attached hydrogens (primary N) is 1. The van der Waals surface area contributed by atoms with Crippen LogP contribution in [0.5, 0.6) is 0 Å². The van der Waals surface area contributed by atoms with Gasteiger partial charge >= 0.3 is 0 Å². The maximum Gasteiger partial charge on any atom is 0.106 e. The number of nitrogens with one attached hydrogen (secondary N) is 2. The van der Waals surface area contributed by atoms with Crippen LogP contribution in [0.1, 0.15) is 0 Å². The van der Waals surface area contributed by atoms with E-state index in [1.165, 1.54) is 0 Å². The second-order valence-corrected chi connectivity index (χ2v) is 3.72. The van der Waals surface area contributed by atoms with Crippen LogP contribution < -0.4 is 16.4 Å². The maximum atomic E-state index is 5.80. The summed E-state index contributed by atoms with van der Waals surface area (Å²) >= 11 is 0. The highest BCUT2D eigenvalue weighted by Crippen LogP contribution is 2.17. The van der Waals surface area contributed by atoms with Gasteiger partial charge in [-0.25, -0.2) is 0 Å². The molecule has 1 unspecified atom stereocenters. The van der Waals surface area contributed by atoms with Crippen molar-refractivity contribution in [3.8, 4) is 0 Å². The number of rotatable bonds is 3. The SMILES string of the molecule is CN/C(=C1/C=C(N)C=CC1NC)N(C)C. The molecular formula is C11H20N4. The molecule has 0 radical (unpaired) electrons. The summed E-state index contributed by atoms with van der Waals surface area (Å²) in [6, 6.07) is 0.210. The zero-order valence-electron chi connectivity index (χ0n) is 9.83. The first-order valence-electron chi connectivity index (χ1n) is 5.02. The molecule has 0 heterocycles. The minimum Gasteiger partial charge on any atom is -0.399 e. The van der Waals surface area contributed by atoms with Crippen LogP contribution in [0.15, 0.2) is 35.3 Å². The van der Waals surface area contributed by atoms with E-state index in [-0.39, 0.29) is 6.04 Å². The summed E-state index contributed by atoms with van der Waals surface area (Å²) < 4.78 is 0. The number of nitrogens with zero attached hydrogens (tertiary/aromatic N) is 1. The molecule has 0 fully saturated rings. The smallest absolute Gasteiger partial charge is 0.106 e. The Labute approximate surface area is 91.5 Å². The molecule has 0 spiro atoms. The van der Waals surface area contributed by atoms with Gasteiger partial charge in [0.1, 0.15) is 5.82 Å². The van der Waals surface area contributed by atoms with E-state index >= 15 is 0 Å². The zero-order valence-corrected chi connectivity index (χ0v) is 9.83. The van der Waals surface area contributed by atoms with Gasteiger partial charge in [0.15, 0.2) is 0 Å². The lowest BCUT2D eigenvalue weighted by molar-refractivity contribution is 0.463. The topological polar surface area (TPSA) is 53.3 Å². The van der Waals surface area contributed by atoms with Gasteiger partial charge in [-0.05, 0) is 19.2 Å². The third kappa shape index (κ3) is 2.53. The van der Waals surface area contributed by atoms with Crippen molar-refractivity contribution >= 4 is 0 Å². The molecule has 4 heteroatoms. The normalized spacial score (nSPS) is 23.5. The average molecular weight is 208 g/mol. The summed E-state index contributed by atoms with van der Waals surface area (Å²) in [5, 5.41) is 6.42. The Morgan fingerprint density at radius 1 is 1.40 bits per heavy atom. The Morgan fingerprint density at radius 3 is 2.53 bits per heavy atom. The maximum absolute atomic E-state index is 5.80. The van der Waals surface area contributed by atoms with Crippen molar-refractivity contribution in [2.75, 3.05) is 28.2 Å². The summed E-state index contributed by atoms with van der Waals surface area (Å²) in [5.41, 5.74) is 7.74. The monoisotopic (exact) mass is 208 g/mol. The van der Waals surface area contributed by atoms with E-state index in [1.807, 2.05) is 45.2 Å². The number of hydrogen-bond donors (Lipinski definition) is 3. The molecule has 4 N–H and O–H groups in total. The van der Waals surface area contributed by atoms with Crippen molar-refractivity contribution in [2.24, 2.45) is 5.73 Å². The van der Waals surface area contributed by atoms with Gasteiger partial charge in [-0.1, -0.05) is 6.08 Å². The lowest BCUT2D eigenvalue weighted by atomic mass is 10.00. The summed E-state index contributed by atoms with van der Waals surface area (Å²) in [6.45, 7) is 0. The highest BCUT2D eigenvalue weighted by molar-refractivity contribution is 5.42. The second-order valence-electron chi connectivity index (χ2n) is 3.72. The van der Waals surface area contributed by atoms with Crippen molar-refractivity contribution in [1.82, 2.24) is 15.5 Å². The van der Waals surface area contributed by atoms with Gasteiger partial charge in [-0.3, -0.25) is 0 Å². The van der Waals surface area contributed by atoms with Crippen molar-refractivity contribution in [2.45, 2.75) is 6.04 Å². The molecule has 0 amide bonds. The average Bonchev–Trinajstić information content (AvgIpc) is 2.18. The standard InChI is InChI=1S/C11H20N4/c1-13-10-6-5-8(12)7-9(10)11(14-2)15(3)4/h5-7,10,13-14H,12H2,1-4H3/b11-9+. The number of likely N-dealkylation sites (N-methyl/N-ethyl adjacent to an activating group) is 1. The minimum absolute atomic E-state index is 0.210. The van der Waals surface area contributed by atoms with Gasteiger partial charge in [0, 0.05) is 32.4 Å². The van der Waals surface area contributed by atoms with E-state index in [4.69, 9.17) is 5.73 Å². The Morgan fingerprint density at radius 2 is 2.07 bits per heavy atom. The third-order valence-electron chi connectivity index (χ3n) is 2.41. The van der Waals surface area contributed by atoms with Crippen LogP contribution in [0.2, 0.25) is 0 Å². The Bertz CT molecular complexity index is 313. The van der Waals surface area contributed by atoms with Crippen molar-refractivity contribution < 1.29 is 0 Å². The molecule has 1 atom stereocenters. The van der Waals surface area contributed by atoms with Crippen LogP contribution in [0, 0.1) is 0 Å². The molecule has 0 aromatic carbocycles. The molecule has 0 aromatic rings. The molecule has 1 aliphatic carbocycles. The molecule has 0 aromatic heterocycles. The van der Waals surface area contributed by atoms with Gasteiger partial charge in [-0.15, -0.1) is 0 Å². The van der Waals surface area contributed by atoms with Crippen molar-refractivity contribution in [3.05, 3.63) is 35.3 Å². The van der Waals surface area contributed by atoms with Crippen LogP contribution in [-0.4, -0.2) is 39.1 Å². The van der Waals surface area contributed by atoms with E-state index in [0.717, 1.165) is 17.1 Å². The first-order valence-corrected chi connectivity index (χ1v) is 5.02. The quantitative estimate of drug-likeness (QED) is 0.610. The first-order chi connectivity index (χ1) is 7.10. The summed E-state index contributed by atoms with van der Waals surface area (Å²) in [5.74, 6) is 1.07. The lowest BCUT2D eigenvalue weighted by Gasteiger charge is -2.26. The second kappa shape index (κ2) is 4.89. The Kier molecular flexibility index (Phi) is 3.80. The molecular weight excluding hydrogens is 188 g/mol. The number of hydrogen-bond acceptors (Lipinski definition) is 4. The van der Waals surface area contributed by atoms with E-state index in [9.17, 15) is 0 Å². The van der Waals surface area contributed by atoms with Crippen molar-refractivity contribution in [3.63, 3.8) is 0 Å². The molecule has 4 nitrogen and oxygen atoms in total. The fourth-order valence-corrected chi connectivity index (χ4v) is 1.72. The van der Waals surface area contributed by atoms with E-state index in [1.54, 1.807) is 0 Å². The van der Waals surface area contributed by atoms with Gasteiger partial charge < -0.3 is 21.3 Å². The predicted molar refractivity (Wildman–Crippen MR) is 64.0 cm³/mol. The molecule has 0 aliphatic heterocycles. The largest absolute Gasteiger partial charge is 0.399 e. The molecule has 0 saturated heterocycles. The molecule has 1 rings (SSSR count). The summed E-state index contributed by atoms with van der Waals surface area (Å²) in [6.07, 6.45) is 5.98. The Hall–Kier alpha value is -1.42. The lowest BCUT2D eigenvalue weighted by Crippen LogP contribution is -2.34. The summed E-state index contributed by atoms with van der Waals surface area (Å²) in [4.78, 5) is 2.04. The number of allylic oxidation sites excluding steroid dienone is 1. The third-order valence-corrected chi connectivity index (χ3v) is 2.41. The predicted octanol–water partition coefficient (Wildman–Crippen LogP) is -0.0206. The minimum atomic E-state index is 0.210. The molecule has 84 valence electrons. The van der Waals surface area contributed by atoms with Crippen LogP contribution in [0.4, 0.5) is 0 Å². The van der Waals surface area contributed by atoms with Crippen LogP contribution in [0.3, 0.4) is 0 Å². The molecule has 1 aliphatic rings. The fraction of sp³-hybridized carbons (Fsp3) is 0.455. The van der Waals surface area contributed by atoms with Gasteiger partial charge in [0.2, 0.25) is 0 Å². The van der Waals surface area contributed by atoms with Gasteiger partial charge in [0.05, 0.1) is 6.04 Å². The first kappa shape index (κ1) is 11.7. The van der Waals surface area contributed by atoms with Gasteiger partial charge in [-0.2, -0.15) is 0 Å². The van der Waals surface area contributed by atoms with E-state index in [2.05, 4.69) is 16.7 Å². The molecule has 0 bridgehead atoms. The highest BCUT2D eigenvalue weighted by Gasteiger charge is 2.16. The van der Waals surface area contributed by atoms with Gasteiger partial charge in [0.25, 0.3) is 0 Å². The molecule has 15 heavy (non-hydrogen) atoms.